The Balaban J connectivity index is 2.24. The summed E-state index contributed by atoms with van der Waals surface area (Å²) >= 11 is 1.94. The lowest BCUT2D eigenvalue weighted by Gasteiger charge is -2.34. The van der Waals surface area contributed by atoms with E-state index in [0.717, 1.165) is 13.1 Å². The molecule has 0 aromatic rings. The zero-order valence-electron chi connectivity index (χ0n) is 10.3. The predicted molar refractivity (Wildman–Crippen MR) is 65.8 cm³/mol. The molecule has 1 aliphatic rings. The van der Waals surface area contributed by atoms with Crippen LogP contribution in [0.3, 0.4) is 0 Å². The van der Waals surface area contributed by atoms with Crippen LogP contribution in [-0.4, -0.2) is 61.3 Å². The van der Waals surface area contributed by atoms with E-state index in [0.29, 0.717) is 23.7 Å². The maximum atomic E-state index is 11.8. The van der Waals surface area contributed by atoms with Crippen molar-refractivity contribution in [2.24, 2.45) is 0 Å². The second kappa shape index (κ2) is 7.14. The van der Waals surface area contributed by atoms with Gasteiger partial charge in [0.1, 0.15) is 6.61 Å². The fourth-order valence-electron chi connectivity index (χ4n) is 1.77. The van der Waals surface area contributed by atoms with Gasteiger partial charge in [-0.3, -0.25) is 4.79 Å². The van der Waals surface area contributed by atoms with Gasteiger partial charge in [-0.1, -0.05) is 13.8 Å². The van der Waals surface area contributed by atoms with E-state index in [-0.39, 0.29) is 12.5 Å². The second-order valence-electron chi connectivity index (χ2n) is 4.10. The van der Waals surface area contributed by atoms with Crippen molar-refractivity contribution >= 4 is 17.7 Å². The molecule has 1 heterocycles. The molecular formula is C11H21NO3S. The molecule has 2 unspecified atom stereocenters. The number of amides is 1. The van der Waals surface area contributed by atoms with Gasteiger partial charge in [-0.2, -0.15) is 11.8 Å². The van der Waals surface area contributed by atoms with Crippen LogP contribution >= 0.6 is 11.8 Å². The van der Waals surface area contributed by atoms with Gasteiger partial charge in [0.2, 0.25) is 5.91 Å². The average Bonchev–Trinajstić information content (AvgIpc) is 2.22. The summed E-state index contributed by atoms with van der Waals surface area (Å²) in [6.07, 6.45) is 0. The molecule has 1 amide bonds. The van der Waals surface area contributed by atoms with E-state index in [1.54, 1.807) is 7.11 Å². The fourth-order valence-corrected chi connectivity index (χ4v) is 3.10. The molecule has 1 saturated heterocycles. The molecule has 0 N–H and O–H groups in total. The van der Waals surface area contributed by atoms with Gasteiger partial charge >= 0.3 is 0 Å². The van der Waals surface area contributed by atoms with Crippen LogP contribution < -0.4 is 0 Å². The molecule has 2 atom stereocenters. The van der Waals surface area contributed by atoms with Gasteiger partial charge in [-0.25, -0.2) is 0 Å². The highest BCUT2D eigenvalue weighted by Gasteiger charge is 2.25. The van der Waals surface area contributed by atoms with Gasteiger partial charge in [0.25, 0.3) is 0 Å². The monoisotopic (exact) mass is 247 g/mol. The summed E-state index contributed by atoms with van der Waals surface area (Å²) in [5.41, 5.74) is 0. The lowest BCUT2D eigenvalue weighted by atomic mass is 10.3. The van der Waals surface area contributed by atoms with E-state index in [9.17, 15) is 4.79 Å². The smallest absolute Gasteiger partial charge is 0.248 e. The Kier molecular flexibility index (Phi) is 6.16. The van der Waals surface area contributed by atoms with Crippen molar-refractivity contribution in [1.82, 2.24) is 4.90 Å². The number of ether oxygens (including phenoxy) is 2. The van der Waals surface area contributed by atoms with Gasteiger partial charge in [-0.05, 0) is 0 Å². The molecular weight excluding hydrogens is 226 g/mol. The number of thioether (sulfide) groups is 1. The molecule has 16 heavy (non-hydrogen) atoms. The lowest BCUT2D eigenvalue weighted by Crippen LogP contribution is -2.45. The molecule has 1 aliphatic heterocycles. The van der Waals surface area contributed by atoms with Crippen molar-refractivity contribution in [2.75, 3.05) is 40.0 Å². The summed E-state index contributed by atoms with van der Waals surface area (Å²) in [7, 11) is 1.62. The third-order valence-corrected chi connectivity index (χ3v) is 3.66. The highest BCUT2D eigenvalue weighted by atomic mass is 32.2. The third kappa shape index (κ3) is 4.72. The predicted octanol–water partition coefficient (Wildman–Crippen LogP) is 1.00. The van der Waals surface area contributed by atoms with Crippen LogP contribution in [0.25, 0.3) is 0 Å². The first-order valence-electron chi connectivity index (χ1n) is 5.63. The van der Waals surface area contributed by atoms with Gasteiger partial charge in [0.15, 0.2) is 0 Å². The first kappa shape index (κ1) is 13.8. The minimum absolute atomic E-state index is 0.0927. The zero-order chi connectivity index (χ0) is 12.0. The number of carbonyl (C=O) groups excluding carboxylic acids is 1. The van der Waals surface area contributed by atoms with E-state index in [2.05, 4.69) is 13.8 Å². The molecule has 4 nitrogen and oxygen atoms in total. The van der Waals surface area contributed by atoms with Crippen LogP contribution in [0.1, 0.15) is 13.8 Å². The summed E-state index contributed by atoms with van der Waals surface area (Å²) in [5.74, 6) is 0.0927. The third-order valence-electron chi connectivity index (χ3n) is 2.43. The number of hydrogen-bond acceptors (Lipinski definition) is 4. The number of carbonyl (C=O) groups is 1. The van der Waals surface area contributed by atoms with Gasteiger partial charge in [0.05, 0.1) is 13.2 Å². The minimum Gasteiger partial charge on any atom is -0.382 e. The van der Waals surface area contributed by atoms with Gasteiger partial charge < -0.3 is 14.4 Å². The summed E-state index contributed by atoms with van der Waals surface area (Å²) in [6.45, 7) is 7.18. The topological polar surface area (TPSA) is 38.8 Å². The first-order valence-corrected chi connectivity index (χ1v) is 6.57. The summed E-state index contributed by atoms with van der Waals surface area (Å²) in [5, 5.41) is 1.04. The Bertz CT molecular complexity index is 215. The number of hydrogen-bond donors (Lipinski definition) is 0. The van der Waals surface area contributed by atoms with Gasteiger partial charge in [-0.15, -0.1) is 0 Å². The maximum absolute atomic E-state index is 11.8. The highest BCUT2D eigenvalue weighted by Crippen LogP contribution is 2.24. The van der Waals surface area contributed by atoms with Crippen molar-refractivity contribution in [3.63, 3.8) is 0 Å². The van der Waals surface area contributed by atoms with E-state index < -0.39 is 0 Å². The van der Waals surface area contributed by atoms with Crippen LogP contribution in [0.2, 0.25) is 0 Å². The Morgan fingerprint density at radius 3 is 2.50 bits per heavy atom. The van der Waals surface area contributed by atoms with Crippen LogP contribution in [0.5, 0.6) is 0 Å². The summed E-state index contributed by atoms with van der Waals surface area (Å²) in [4.78, 5) is 13.7. The molecule has 1 rings (SSSR count). The molecule has 0 aromatic heterocycles. The quantitative estimate of drug-likeness (QED) is 0.680. The SMILES string of the molecule is COCCOCC(=O)N1CC(C)SC(C)C1. The summed E-state index contributed by atoms with van der Waals surface area (Å²) in [6, 6.07) is 0. The van der Waals surface area contributed by atoms with Crippen LogP contribution in [0, 0.1) is 0 Å². The van der Waals surface area contributed by atoms with E-state index in [1.807, 2.05) is 16.7 Å². The highest BCUT2D eigenvalue weighted by molar-refractivity contribution is 8.00. The molecule has 0 radical (unpaired) electrons. The van der Waals surface area contributed by atoms with E-state index in [1.165, 1.54) is 0 Å². The van der Waals surface area contributed by atoms with Crippen molar-refractivity contribution in [3.8, 4) is 0 Å². The first-order chi connectivity index (χ1) is 7.63. The number of nitrogens with zero attached hydrogens (tertiary/aromatic N) is 1. The standard InChI is InChI=1S/C11H21NO3S/c1-9-6-12(7-10(2)16-9)11(13)8-15-5-4-14-3/h9-10H,4-8H2,1-3H3. The van der Waals surface area contributed by atoms with Gasteiger partial charge in [0, 0.05) is 30.7 Å². The molecule has 0 spiro atoms. The largest absolute Gasteiger partial charge is 0.382 e. The molecule has 0 aromatic carbocycles. The Morgan fingerprint density at radius 1 is 1.31 bits per heavy atom. The van der Waals surface area contributed by atoms with Crippen molar-refractivity contribution < 1.29 is 14.3 Å². The van der Waals surface area contributed by atoms with Crippen LogP contribution in [0.4, 0.5) is 0 Å². The Hall–Kier alpha value is -0.260. The molecule has 5 heteroatoms. The Morgan fingerprint density at radius 2 is 1.94 bits per heavy atom. The zero-order valence-corrected chi connectivity index (χ0v) is 11.1. The maximum Gasteiger partial charge on any atom is 0.248 e. The van der Waals surface area contributed by atoms with Crippen molar-refractivity contribution in [3.05, 3.63) is 0 Å². The molecule has 0 bridgehead atoms. The number of methoxy groups -OCH3 is 1. The normalized spacial score (nSPS) is 25.8. The van der Waals surface area contributed by atoms with Crippen LogP contribution in [0.15, 0.2) is 0 Å². The fraction of sp³-hybridized carbons (Fsp3) is 0.909. The molecule has 0 saturated carbocycles. The van der Waals surface area contributed by atoms with Crippen molar-refractivity contribution in [2.45, 2.75) is 24.3 Å². The van der Waals surface area contributed by atoms with E-state index in [4.69, 9.17) is 9.47 Å². The molecule has 0 aliphatic carbocycles. The molecule has 1 fully saturated rings. The number of rotatable bonds is 5. The lowest BCUT2D eigenvalue weighted by molar-refractivity contribution is -0.136. The van der Waals surface area contributed by atoms with E-state index >= 15 is 0 Å². The Labute approximate surface area is 102 Å². The van der Waals surface area contributed by atoms with Crippen molar-refractivity contribution in [1.29, 1.82) is 0 Å². The summed E-state index contributed by atoms with van der Waals surface area (Å²) < 4.78 is 10.1. The van der Waals surface area contributed by atoms with Crippen LogP contribution in [-0.2, 0) is 14.3 Å². The molecule has 94 valence electrons. The second-order valence-corrected chi connectivity index (χ2v) is 5.98. The average molecular weight is 247 g/mol. The minimum atomic E-state index is 0.0927.